The second-order valence-electron chi connectivity index (χ2n) is 7.67. The maximum atomic E-state index is 12.6. The number of hydrogen-bond acceptors (Lipinski definition) is 4. The zero-order valence-electron chi connectivity index (χ0n) is 18.6. The van der Waals surface area contributed by atoms with Gasteiger partial charge in [0.05, 0.1) is 0 Å². The molecule has 0 spiro atoms. The molecule has 0 radical (unpaired) electrons. The molecule has 0 unspecified atom stereocenters. The number of hydrogen-bond donors (Lipinski definition) is 2. The molecule has 0 saturated heterocycles. The Balaban J connectivity index is 1.91. The quantitative estimate of drug-likeness (QED) is 0.269. The second kappa shape index (κ2) is 12.5. The summed E-state index contributed by atoms with van der Waals surface area (Å²) >= 11 is 0. The van der Waals surface area contributed by atoms with Gasteiger partial charge in [-0.25, -0.2) is 0 Å². The number of nitrogens with one attached hydrogen (secondary N) is 2. The molecule has 2 rings (SSSR count). The summed E-state index contributed by atoms with van der Waals surface area (Å²) in [6, 6.07) is 11.8. The van der Waals surface area contributed by atoms with E-state index in [0.717, 1.165) is 18.4 Å². The number of ether oxygens (including phenoxy) is 1. The summed E-state index contributed by atoms with van der Waals surface area (Å²) in [7, 11) is 0. The van der Waals surface area contributed by atoms with Gasteiger partial charge in [-0.1, -0.05) is 45.1 Å². The predicted molar refractivity (Wildman–Crippen MR) is 124 cm³/mol. The van der Waals surface area contributed by atoms with Crippen LogP contribution < -0.4 is 15.4 Å². The Bertz CT molecular complexity index is 891. The molecule has 31 heavy (non-hydrogen) atoms. The molecule has 2 amide bonds. The predicted octanol–water partition coefficient (Wildman–Crippen LogP) is 5.86. The molecule has 0 aliphatic carbocycles. The minimum atomic E-state index is -0.414. The highest BCUT2D eigenvalue weighted by molar-refractivity contribution is 6.05. The van der Waals surface area contributed by atoms with E-state index in [0.29, 0.717) is 29.1 Å². The maximum absolute atomic E-state index is 12.6. The van der Waals surface area contributed by atoms with Crippen molar-refractivity contribution in [1.29, 1.82) is 0 Å². The first kappa shape index (κ1) is 24.1. The zero-order valence-corrected chi connectivity index (χ0v) is 18.6. The fraction of sp³-hybridized carbons (Fsp3) is 0.400. The van der Waals surface area contributed by atoms with Gasteiger partial charge in [0.1, 0.15) is 5.75 Å². The van der Waals surface area contributed by atoms with Crippen LogP contribution in [-0.4, -0.2) is 17.8 Å². The summed E-state index contributed by atoms with van der Waals surface area (Å²) in [5.41, 5.74) is 2.61. The number of esters is 1. The van der Waals surface area contributed by atoms with Gasteiger partial charge in [-0.15, -0.1) is 0 Å². The molecule has 166 valence electrons. The van der Waals surface area contributed by atoms with E-state index >= 15 is 0 Å². The molecule has 0 aliphatic rings. The Morgan fingerprint density at radius 2 is 1.55 bits per heavy atom. The van der Waals surface area contributed by atoms with Gasteiger partial charge in [-0.2, -0.15) is 0 Å². The number of unbranched alkanes of at least 4 members (excludes halogenated alkanes) is 5. The summed E-state index contributed by atoms with van der Waals surface area (Å²) in [6.45, 7) is 5.40. The van der Waals surface area contributed by atoms with Crippen molar-refractivity contribution in [1.82, 2.24) is 0 Å². The fourth-order valence-corrected chi connectivity index (χ4v) is 3.16. The van der Waals surface area contributed by atoms with Crippen molar-refractivity contribution in [3.05, 3.63) is 53.6 Å². The van der Waals surface area contributed by atoms with Crippen molar-refractivity contribution >= 4 is 29.2 Å². The van der Waals surface area contributed by atoms with Crippen LogP contribution in [0.1, 0.15) is 74.7 Å². The van der Waals surface area contributed by atoms with Crippen LogP contribution in [-0.2, 0) is 9.59 Å². The number of carbonyl (C=O) groups is 3. The van der Waals surface area contributed by atoms with E-state index in [1.54, 1.807) is 30.3 Å². The molecule has 0 saturated carbocycles. The molecule has 2 aromatic carbocycles. The Kier molecular flexibility index (Phi) is 9.75. The lowest BCUT2D eigenvalue weighted by atomic mass is 10.1. The van der Waals surface area contributed by atoms with Crippen LogP contribution in [0.4, 0.5) is 11.4 Å². The molecule has 0 aliphatic heterocycles. The van der Waals surface area contributed by atoms with E-state index in [2.05, 4.69) is 17.6 Å². The first-order valence-electron chi connectivity index (χ1n) is 10.9. The van der Waals surface area contributed by atoms with E-state index in [1.165, 1.54) is 32.6 Å². The standard InChI is InChI=1S/C25H32N2O4/c1-4-5-6-7-8-9-10-24(29)26-21-14-11-18(2)23(17-21)27-25(30)20-12-15-22(16-13-20)31-19(3)28/h11-17H,4-10H2,1-3H3,(H,26,29)(H,27,30). The van der Waals surface area contributed by atoms with Crippen LogP contribution in [0.5, 0.6) is 5.75 Å². The number of carbonyl (C=O) groups excluding carboxylic acids is 3. The molecule has 0 heterocycles. The van der Waals surface area contributed by atoms with Gasteiger partial charge in [0.15, 0.2) is 0 Å². The van der Waals surface area contributed by atoms with E-state index < -0.39 is 5.97 Å². The van der Waals surface area contributed by atoms with Crippen LogP contribution in [0.2, 0.25) is 0 Å². The minimum Gasteiger partial charge on any atom is -0.427 e. The van der Waals surface area contributed by atoms with Crippen LogP contribution in [0.3, 0.4) is 0 Å². The lowest BCUT2D eigenvalue weighted by molar-refractivity contribution is -0.131. The van der Waals surface area contributed by atoms with Gasteiger partial charge in [0.2, 0.25) is 5.91 Å². The maximum Gasteiger partial charge on any atom is 0.308 e. The summed E-state index contributed by atoms with van der Waals surface area (Å²) < 4.78 is 4.98. The zero-order chi connectivity index (χ0) is 22.6. The van der Waals surface area contributed by atoms with Gasteiger partial charge in [0.25, 0.3) is 5.91 Å². The molecule has 2 aromatic rings. The van der Waals surface area contributed by atoms with Gasteiger partial charge in [0, 0.05) is 30.3 Å². The van der Waals surface area contributed by atoms with Crippen LogP contribution >= 0.6 is 0 Å². The number of anilines is 2. The molecular weight excluding hydrogens is 392 g/mol. The lowest BCUT2D eigenvalue weighted by Gasteiger charge is -2.12. The van der Waals surface area contributed by atoms with Crippen molar-refractivity contribution in [3.8, 4) is 5.75 Å². The largest absolute Gasteiger partial charge is 0.427 e. The van der Waals surface area contributed by atoms with Gasteiger partial charge in [-0.05, 0) is 55.3 Å². The van der Waals surface area contributed by atoms with Crippen molar-refractivity contribution in [2.75, 3.05) is 10.6 Å². The third-order valence-corrected chi connectivity index (χ3v) is 4.91. The fourth-order valence-electron chi connectivity index (χ4n) is 3.16. The van der Waals surface area contributed by atoms with E-state index in [9.17, 15) is 14.4 Å². The molecule has 6 nitrogen and oxygen atoms in total. The van der Waals surface area contributed by atoms with E-state index in [4.69, 9.17) is 4.74 Å². The van der Waals surface area contributed by atoms with Gasteiger partial charge < -0.3 is 15.4 Å². The van der Waals surface area contributed by atoms with Gasteiger partial charge in [-0.3, -0.25) is 14.4 Å². The van der Waals surface area contributed by atoms with Crippen molar-refractivity contribution < 1.29 is 19.1 Å². The summed E-state index contributed by atoms with van der Waals surface area (Å²) in [6.07, 6.45) is 7.31. The molecule has 0 fully saturated rings. The van der Waals surface area contributed by atoms with E-state index in [-0.39, 0.29) is 11.8 Å². The number of benzene rings is 2. The molecule has 6 heteroatoms. The first-order valence-corrected chi connectivity index (χ1v) is 10.9. The molecule has 2 N–H and O–H groups in total. The smallest absolute Gasteiger partial charge is 0.308 e. The van der Waals surface area contributed by atoms with Crippen molar-refractivity contribution in [3.63, 3.8) is 0 Å². The second-order valence-corrected chi connectivity index (χ2v) is 7.67. The van der Waals surface area contributed by atoms with Crippen LogP contribution in [0.25, 0.3) is 0 Å². The van der Waals surface area contributed by atoms with E-state index in [1.807, 2.05) is 19.1 Å². The number of rotatable bonds is 11. The number of amides is 2. The molecule has 0 atom stereocenters. The monoisotopic (exact) mass is 424 g/mol. The third kappa shape index (κ3) is 8.62. The molecular formula is C25H32N2O4. The highest BCUT2D eigenvalue weighted by Crippen LogP contribution is 2.22. The van der Waals surface area contributed by atoms with Crippen LogP contribution in [0.15, 0.2) is 42.5 Å². The highest BCUT2D eigenvalue weighted by atomic mass is 16.5. The van der Waals surface area contributed by atoms with Gasteiger partial charge >= 0.3 is 5.97 Å². The normalized spacial score (nSPS) is 10.4. The molecule has 0 bridgehead atoms. The summed E-state index contributed by atoms with van der Waals surface area (Å²) in [4.78, 5) is 35.8. The minimum absolute atomic E-state index is 0.0160. The number of aryl methyl sites for hydroxylation is 1. The first-order chi connectivity index (χ1) is 14.9. The average Bonchev–Trinajstić information content (AvgIpc) is 2.73. The Morgan fingerprint density at radius 1 is 0.871 bits per heavy atom. The molecule has 0 aromatic heterocycles. The van der Waals surface area contributed by atoms with Crippen LogP contribution in [0, 0.1) is 6.92 Å². The van der Waals surface area contributed by atoms with Crippen molar-refractivity contribution in [2.24, 2.45) is 0 Å². The van der Waals surface area contributed by atoms with Crippen molar-refractivity contribution in [2.45, 2.75) is 65.7 Å². The summed E-state index contributed by atoms with van der Waals surface area (Å²) in [5.74, 6) is -0.329. The SMILES string of the molecule is CCCCCCCCC(=O)Nc1ccc(C)c(NC(=O)c2ccc(OC(C)=O)cc2)c1. The summed E-state index contributed by atoms with van der Waals surface area (Å²) in [5, 5.41) is 5.79. The average molecular weight is 425 g/mol. The highest BCUT2D eigenvalue weighted by Gasteiger charge is 2.10. The topological polar surface area (TPSA) is 84.5 Å². The Labute approximate surface area is 184 Å². The third-order valence-electron chi connectivity index (χ3n) is 4.91. The lowest BCUT2D eigenvalue weighted by Crippen LogP contribution is -2.14. The Morgan fingerprint density at radius 3 is 2.23 bits per heavy atom. The Hall–Kier alpha value is -3.15.